The maximum absolute atomic E-state index is 12.4. The topological polar surface area (TPSA) is 128 Å². The number of aromatic nitrogens is 2. The summed E-state index contributed by atoms with van der Waals surface area (Å²) in [7, 11) is 5.80. The fraction of sp³-hybridized carbons (Fsp3) is 0.353. The number of aliphatic hydroxyl groups excluding tert-OH is 2. The van der Waals surface area contributed by atoms with E-state index < -0.39 is 5.56 Å². The summed E-state index contributed by atoms with van der Waals surface area (Å²) in [4.78, 5) is 25.1. The monoisotopic (exact) mass is 355 g/mol. The molecule has 0 fully saturated rings. The first-order chi connectivity index (χ1) is 12.4. The van der Waals surface area contributed by atoms with Gasteiger partial charge in [-0.25, -0.2) is 0 Å². The fourth-order valence-electron chi connectivity index (χ4n) is 2.65. The maximum atomic E-state index is 12.4. The number of nitrogens with two attached hydrogens (primary N) is 1. The minimum Gasteiger partial charge on any atom is -0.395 e. The van der Waals surface area contributed by atoms with E-state index in [1.165, 1.54) is 11.1 Å². The number of nitrogens with zero attached hydrogens (tertiary/aromatic N) is 3. The molecule has 1 heterocycles. The molecular formula is C17H22BN5O3. The number of nitrogen functional groups attached to an aromatic ring is 1. The van der Waals surface area contributed by atoms with E-state index in [1.54, 1.807) is 12.1 Å². The van der Waals surface area contributed by atoms with Gasteiger partial charge in [0.05, 0.1) is 18.9 Å². The second-order valence-electron chi connectivity index (χ2n) is 5.88. The molecule has 2 rings (SSSR count). The summed E-state index contributed by atoms with van der Waals surface area (Å²) in [5, 5.41) is 18.2. The summed E-state index contributed by atoms with van der Waals surface area (Å²) in [6.45, 7) is 3.88. The van der Waals surface area contributed by atoms with Crippen LogP contribution in [0.1, 0.15) is 16.7 Å². The van der Waals surface area contributed by atoms with Gasteiger partial charge in [0.2, 0.25) is 5.95 Å². The van der Waals surface area contributed by atoms with Crippen molar-refractivity contribution in [3.63, 3.8) is 0 Å². The van der Waals surface area contributed by atoms with E-state index in [1.807, 2.05) is 13.8 Å². The Hall–Kier alpha value is -2.65. The molecule has 0 spiro atoms. The highest BCUT2D eigenvalue weighted by Gasteiger charge is 2.13. The lowest BCUT2D eigenvalue weighted by molar-refractivity contribution is 0.280. The van der Waals surface area contributed by atoms with Gasteiger partial charge in [-0.15, -0.1) is 0 Å². The molecule has 5 N–H and O–H groups in total. The summed E-state index contributed by atoms with van der Waals surface area (Å²) in [6.07, 6.45) is 1.37. The molecule has 0 bridgehead atoms. The molecule has 2 radical (unpaired) electrons. The number of benzene rings is 1. The lowest BCUT2D eigenvalue weighted by atomic mass is 9.91. The lowest BCUT2D eigenvalue weighted by Gasteiger charge is -2.21. The summed E-state index contributed by atoms with van der Waals surface area (Å²) in [6, 6.07) is 3.60. The molecule has 1 aromatic heterocycles. The molecular weight excluding hydrogens is 333 g/mol. The normalized spacial score (nSPS) is 11.2. The van der Waals surface area contributed by atoms with E-state index in [-0.39, 0.29) is 43.6 Å². The zero-order valence-corrected chi connectivity index (χ0v) is 14.9. The quantitative estimate of drug-likeness (QED) is 0.384. The first kappa shape index (κ1) is 19.7. The van der Waals surface area contributed by atoms with Gasteiger partial charge >= 0.3 is 0 Å². The number of aliphatic imine (C=N–C) groups is 1. The van der Waals surface area contributed by atoms with Gasteiger partial charge in [0.15, 0.2) is 0 Å². The Morgan fingerprint density at radius 2 is 1.85 bits per heavy atom. The van der Waals surface area contributed by atoms with Gasteiger partial charge < -0.3 is 20.8 Å². The zero-order chi connectivity index (χ0) is 19.3. The Balaban J connectivity index is 2.39. The standard InChI is InChI=1S/C17H22BN5O3/c1-10-7-12(18)8-11(2)14(10)20-9-13-15(19)21-17(22-16(13)26)23(3-5-24)4-6-25/h7-9,24-25H,3-6H2,1-2H3,(H3,19,21,22,26). The third-order valence-corrected chi connectivity index (χ3v) is 3.85. The largest absolute Gasteiger partial charge is 0.395 e. The van der Waals surface area contributed by atoms with E-state index in [2.05, 4.69) is 15.0 Å². The molecule has 136 valence electrons. The number of rotatable bonds is 7. The maximum Gasteiger partial charge on any atom is 0.263 e. The van der Waals surface area contributed by atoms with Crippen LogP contribution in [-0.4, -0.2) is 60.5 Å². The number of anilines is 2. The van der Waals surface area contributed by atoms with Crippen molar-refractivity contribution in [3.8, 4) is 0 Å². The smallest absolute Gasteiger partial charge is 0.263 e. The van der Waals surface area contributed by atoms with Crippen molar-refractivity contribution in [2.45, 2.75) is 13.8 Å². The van der Waals surface area contributed by atoms with Crippen LogP contribution < -0.4 is 21.7 Å². The summed E-state index contributed by atoms with van der Waals surface area (Å²) >= 11 is 0. The van der Waals surface area contributed by atoms with E-state index in [0.29, 0.717) is 11.2 Å². The number of aromatic amines is 1. The molecule has 0 unspecified atom stereocenters. The average molecular weight is 355 g/mol. The van der Waals surface area contributed by atoms with E-state index in [9.17, 15) is 4.79 Å². The van der Waals surface area contributed by atoms with Crippen LogP contribution in [0.25, 0.3) is 0 Å². The fourth-order valence-corrected chi connectivity index (χ4v) is 2.65. The lowest BCUT2D eigenvalue weighted by Crippen LogP contribution is -2.33. The predicted molar refractivity (Wildman–Crippen MR) is 104 cm³/mol. The van der Waals surface area contributed by atoms with E-state index >= 15 is 0 Å². The van der Waals surface area contributed by atoms with E-state index in [0.717, 1.165) is 11.1 Å². The van der Waals surface area contributed by atoms with Crippen molar-refractivity contribution < 1.29 is 10.2 Å². The zero-order valence-electron chi connectivity index (χ0n) is 14.9. The molecule has 0 saturated carbocycles. The summed E-state index contributed by atoms with van der Waals surface area (Å²) in [5.74, 6) is 0.201. The van der Waals surface area contributed by atoms with Crippen molar-refractivity contribution in [3.05, 3.63) is 39.2 Å². The van der Waals surface area contributed by atoms with Crippen LogP contribution in [0.15, 0.2) is 21.9 Å². The molecule has 0 amide bonds. The molecule has 8 nitrogen and oxygen atoms in total. The Bertz CT molecular complexity index is 837. The van der Waals surface area contributed by atoms with Crippen molar-refractivity contribution in [2.75, 3.05) is 36.9 Å². The van der Waals surface area contributed by atoms with Crippen LogP contribution >= 0.6 is 0 Å². The molecule has 0 aliphatic rings. The van der Waals surface area contributed by atoms with Crippen LogP contribution in [-0.2, 0) is 0 Å². The second-order valence-corrected chi connectivity index (χ2v) is 5.88. The van der Waals surface area contributed by atoms with Gasteiger partial charge in [0.1, 0.15) is 19.2 Å². The summed E-state index contributed by atoms with van der Waals surface area (Å²) < 4.78 is 0. The SMILES string of the molecule is [B]c1cc(C)c(N=Cc2c(N)nc(N(CCO)CCO)[nH]c2=O)c(C)c1. The second kappa shape index (κ2) is 8.64. The van der Waals surface area contributed by atoms with Crippen LogP contribution in [0.4, 0.5) is 17.5 Å². The molecule has 1 aromatic carbocycles. The van der Waals surface area contributed by atoms with Gasteiger partial charge in [-0.1, -0.05) is 17.6 Å². The minimum absolute atomic E-state index is 0.0131. The molecule has 26 heavy (non-hydrogen) atoms. The minimum atomic E-state index is -0.456. The Morgan fingerprint density at radius 3 is 2.35 bits per heavy atom. The number of nitrogens with one attached hydrogen (secondary N) is 1. The van der Waals surface area contributed by atoms with Crippen LogP contribution in [0.3, 0.4) is 0 Å². The van der Waals surface area contributed by atoms with Crippen molar-refractivity contribution in [1.29, 1.82) is 0 Å². The van der Waals surface area contributed by atoms with Gasteiger partial charge in [0.25, 0.3) is 5.56 Å². The third kappa shape index (κ3) is 4.50. The van der Waals surface area contributed by atoms with Crippen LogP contribution in [0.5, 0.6) is 0 Å². The first-order valence-electron chi connectivity index (χ1n) is 8.14. The average Bonchev–Trinajstić information content (AvgIpc) is 2.55. The van der Waals surface area contributed by atoms with Crippen molar-refractivity contribution in [2.24, 2.45) is 4.99 Å². The highest BCUT2D eigenvalue weighted by Crippen LogP contribution is 2.22. The number of aliphatic hydroxyl groups is 2. The molecule has 0 atom stereocenters. The predicted octanol–water partition coefficient (Wildman–Crippen LogP) is -0.696. The molecule has 2 aromatic rings. The van der Waals surface area contributed by atoms with Gasteiger partial charge in [-0.3, -0.25) is 14.8 Å². The van der Waals surface area contributed by atoms with Crippen LogP contribution in [0.2, 0.25) is 0 Å². The van der Waals surface area contributed by atoms with Gasteiger partial charge in [0, 0.05) is 19.3 Å². The number of hydrogen-bond donors (Lipinski definition) is 4. The molecule has 0 saturated heterocycles. The number of H-pyrrole nitrogens is 1. The highest BCUT2D eigenvalue weighted by molar-refractivity contribution is 6.32. The van der Waals surface area contributed by atoms with Gasteiger partial charge in [-0.05, 0) is 25.0 Å². The number of aryl methyl sites for hydroxylation is 2. The third-order valence-electron chi connectivity index (χ3n) is 3.85. The van der Waals surface area contributed by atoms with Crippen molar-refractivity contribution >= 4 is 37.0 Å². The van der Waals surface area contributed by atoms with Crippen LogP contribution in [0, 0.1) is 13.8 Å². The molecule has 9 heteroatoms. The van der Waals surface area contributed by atoms with Crippen molar-refractivity contribution in [1.82, 2.24) is 9.97 Å². The van der Waals surface area contributed by atoms with E-state index in [4.69, 9.17) is 23.8 Å². The Labute approximate surface area is 152 Å². The Morgan fingerprint density at radius 1 is 1.27 bits per heavy atom. The molecule has 0 aliphatic heterocycles. The molecule has 0 aliphatic carbocycles. The van der Waals surface area contributed by atoms with Gasteiger partial charge in [-0.2, -0.15) is 4.98 Å². The highest BCUT2D eigenvalue weighted by atomic mass is 16.3. The summed E-state index contributed by atoms with van der Waals surface area (Å²) in [5.41, 5.74) is 8.73. The first-order valence-corrected chi connectivity index (χ1v) is 8.14. The number of hydrogen-bond acceptors (Lipinski definition) is 7. The Kier molecular flexibility index (Phi) is 6.54.